The zero-order valence-corrected chi connectivity index (χ0v) is 11.9. The van der Waals surface area contributed by atoms with Crippen molar-refractivity contribution < 1.29 is 14.6 Å². The van der Waals surface area contributed by atoms with Crippen molar-refractivity contribution in [2.45, 2.75) is 20.5 Å². The van der Waals surface area contributed by atoms with Gasteiger partial charge in [-0.1, -0.05) is 12.1 Å². The summed E-state index contributed by atoms with van der Waals surface area (Å²) in [5.74, 6) is -0.225. The summed E-state index contributed by atoms with van der Waals surface area (Å²) in [7, 11) is 0. The van der Waals surface area contributed by atoms with Crippen LogP contribution in [0.3, 0.4) is 0 Å². The molecule has 2 aromatic rings. The van der Waals surface area contributed by atoms with Crippen molar-refractivity contribution in [1.82, 2.24) is 0 Å². The highest BCUT2D eigenvalue weighted by molar-refractivity contribution is 5.87. The number of carboxylic acid groups (broad SMARTS) is 1. The van der Waals surface area contributed by atoms with Gasteiger partial charge in [0.1, 0.15) is 12.4 Å². The lowest BCUT2D eigenvalue weighted by atomic mass is 10.1. The molecule has 1 N–H and O–H groups in total. The van der Waals surface area contributed by atoms with Gasteiger partial charge in [0.2, 0.25) is 0 Å². The van der Waals surface area contributed by atoms with Gasteiger partial charge in [0.15, 0.2) is 0 Å². The van der Waals surface area contributed by atoms with Crippen molar-refractivity contribution >= 4 is 5.97 Å². The van der Waals surface area contributed by atoms with Gasteiger partial charge in [-0.2, -0.15) is 5.26 Å². The van der Waals surface area contributed by atoms with Crippen LogP contribution >= 0.6 is 0 Å². The smallest absolute Gasteiger partial charge is 0.335 e. The van der Waals surface area contributed by atoms with Gasteiger partial charge in [-0.15, -0.1) is 0 Å². The van der Waals surface area contributed by atoms with Gasteiger partial charge in [-0.3, -0.25) is 0 Å². The summed E-state index contributed by atoms with van der Waals surface area (Å²) in [6, 6.07) is 12.3. The third kappa shape index (κ3) is 3.40. The quantitative estimate of drug-likeness (QED) is 0.931. The summed E-state index contributed by atoms with van der Waals surface area (Å²) in [4.78, 5) is 10.9. The first-order valence-corrected chi connectivity index (χ1v) is 6.47. The lowest BCUT2D eigenvalue weighted by Gasteiger charge is -2.13. The predicted molar refractivity (Wildman–Crippen MR) is 78.4 cm³/mol. The molecular formula is C17H15NO3. The Morgan fingerprint density at radius 1 is 1.24 bits per heavy atom. The van der Waals surface area contributed by atoms with Crippen molar-refractivity contribution in [3.05, 3.63) is 64.2 Å². The molecule has 0 aliphatic heterocycles. The monoisotopic (exact) mass is 281 g/mol. The number of carbonyl (C=O) groups is 1. The van der Waals surface area contributed by atoms with Crippen LogP contribution in [0.2, 0.25) is 0 Å². The number of aromatic carboxylic acids is 1. The number of ether oxygens (including phenoxy) is 1. The number of rotatable bonds is 4. The van der Waals surface area contributed by atoms with Crippen LogP contribution in [0.15, 0.2) is 36.4 Å². The summed E-state index contributed by atoms with van der Waals surface area (Å²) in [6.45, 7) is 4.06. The normalized spacial score (nSPS) is 9.95. The Labute approximate surface area is 123 Å². The molecular weight excluding hydrogens is 266 g/mol. The minimum absolute atomic E-state index is 0.240. The summed E-state index contributed by atoms with van der Waals surface area (Å²) >= 11 is 0. The molecule has 0 amide bonds. The van der Waals surface area contributed by atoms with E-state index < -0.39 is 5.97 Å². The van der Waals surface area contributed by atoms with Crippen molar-refractivity contribution in [2.75, 3.05) is 0 Å². The molecule has 0 spiro atoms. The van der Waals surface area contributed by atoms with E-state index in [1.165, 1.54) is 0 Å². The predicted octanol–water partition coefficient (Wildman–Crippen LogP) is 3.45. The van der Waals surface area contributed by atoms with Gasteiger partial charge in [-0.05, 0) is 54.8 Å². The van der Waals surface area contributed by atoms with Crippen molar-refractivity contribution in [1.29, 1.82) is 5.26 Å². The molecule has 4 nitrogen and oxygen atoms in total. The van der Waals surface area contributed by atoms with Crippen LogP contribution in [0.25, 0.3) is 0 Å². The number of hydrogen-bond donors (Lipinski definition) is 1. The van der Waals surface area contributed by atoms with E-state index in [0.717, 1.165) is 22.4 Å². The number of aryl methyl sites for hydroxylation is 2. The van der Waals surface area contributed by atoms with Gasteiger partial charge >= 0.3 is 5.97 Å². The Hall–Kier alpha value is -2.80. The van der Waals surface area contributed by atoms with E-state index in [0.29, 0.717) is 5.56 Å². The Bertz CT molecular complexity index is 706. The van der Waals surface area contributed by atoms with E-state index in [2.05, 4.69) is 6.07 Å². The summed E-state index contributed by atoms with van der Waals surface area (Å²) in [5, 5.41) is 17.9. The second kappa shape index (κ2) is 6.10. The van der Waals surface area contributed by atoms with Crippen LogP contribution < -0.4 is 4.74 Å². The maximum Gasteiger partial charge on any atom is 0.335 e. The summed E-state index contributed by atoms with van der Waals surface area (Å²) in [5.41, 5.74) is 3.41. The minimum Gasteiger partial charge on any atom is -0.488 e. The fourth-order valence-corrected chi connectivity index (χ4v) is 2.19. The SMILES string of the molecule is Cc1cc(C#N)cc(C)c1OCc1cccc(C(=O)O)c1. The van der Waals surface area contributed by atoms with Crippen molar-refractivity contribution in [3.63, 3.8) is 0 Å². The average molecular weight is 281 g/mol. The molecule has 0 unspecified atom stereocenters. The molecule has 0 heterocycles. The maximum absolute atomic E-state index is 10.9. The highest BCUT2D eigenvalue weighted by Crippen LogP contribution is 2.25. The zero-order valence-electron chi connectivity index (χ0n) is 11.9. The molecule has 0 saturated carbocycles. The van der Waals surface area contributed by atoms with E-state index in [-0.39, 0.29) is 12.2 Å². The van der Waals surface area contributed by atoms with Gasteiger partial charge < -0.3 is 9.84 Å². The van der Waals surface area contributed by atoms with Crippen LogP contribution in [0.1, 0.15) is 32.6 Å². The van der Waals surface area contributed by atoms with Crippen LogP contribution in [0.4, 0.5) is 0 Å². The molecule has 2 aromatic carbocycles. The molecule has 0 radical (unpaired) electrons. The second-order valence-corrected chi connectivity index (χ2v) is 4.85. The molecule has 106 valence electrons. The molecule has 0 fully saturated rings. The summed E-state index contributed by atoms with van der Waals surface area (Å²) < 4.78 is 5.79. The highest BCUT2D eigenvalue weighted by atomic mass is 16.5. The highest BCUT2D eigenvalue weighted by Gasteiger charge is 2.08. The molecule has 0 aliphatic rings. The Morgan fingerprint density at radius 3 is 2.48 bits per heavy atom. The molecule has 2 rings (SSSR count). The first-order chi connectivity index (χ1) is 10.0. The fraction of sp³-hybridized carbons (Fsp3) is 0.176. The van der Waals surface area contributed by atoms with E-state index in [4.69, 9.17) is 15.1 Å². The molecule has 0 aromatic heterocycles. The van der Waals surface area contributed by atoms with Gasteiger partial charge in [0, 0.05) is 0 Å². The lowest BCUT2D eigenvalue weighted by Crippen LogP contribution is -2.02. The Morgan fingerprint density at radius 2 is 1.90 bits per heavy atom. The third-order valence-corrected chi connectivity index (χ3v) is 3.15. The molecule has 0 atom stereocenters. The van der Waals surface area contributed by atoms with Gasteiger partial charge in [0.05, 0.1) is 17.2 Å². The standard InChI is InChI=1S/C17H15NO3/c1-11-6-14(9-18)7-12(2)16(11)21-10-13-4-3-5-15(8-13)17(19)20/h3-8H,10H2,1-2H3,(H,19,20). The van der Waals surface area contributed by atoms with Gasteiger partial charge in [-0.25, -0.2) is 4.79 Å². The maximum atomic E-state index is 10.9. The first kappa shape index (κ1) is 14.6. The second-order valence-electron chi connectivity index (χ2n) is 4.85. The van der Waals surface area contributed by atoms with E-state index in [9.17, 15) is 4.79 Å². The number of nitrogens with zero attached hydrogens (tertiary/aromatic N) is 1. The number of carboxylic acids is 1. The topological polar surface area (TPSA) is 70.3 Å². The Kier molecular flexibility index (Phi) is 4.24. The molecule has 0 aliphatic carbocycles. The van der Waals surface area contributed by atoms with Crippen LogP contribution in [-0.4, -0.2) is 11.1 Å². The number of hydrogen-bond acceptors (Lipinski definition) is 3. The van der Waals surface area contributed by atoms with Crippen molar-refractivity contribution in [2.24, 2.45) is 0 Å². The minimum atomic E-state index is -0.956. The van der Waals surface area contributed by atoms with E-state index >= 15 is 0 Å². The van der Waals surface area contributed by atoms with Crippen molar-refractivity contribution in [3.8, 4) is 11.8 Å². The molecule has 21 heavy (non-hydrogen) atoms. The first-order valence-electron chi connectivity index (χ1n) is 6.47. The largest absolute Gasteiger partial charge is 0.488 e. The third-order valence-electron chi connectivity index (χ3n) is 3.15. The number of benzene rings is 2. The molecule has 0 bridgehead atoms. The molecule has 0 saturated heterocycles. The Balaban J connectivity index is 2.19. The lowest BCUT2D eigenvalue weighted by molar-refractivity contribution is 0.0696. The fourth-order valence-electron chi connectivity index (χ4n) is 2.19. The zero-order chi connectivity index (χ0) is 15.4. The van der Waals surface area contributed by atoms with Crippen LogP contribution in [0.5, 0.6) is 5.75 Å². The number of nitriles is 1. The van der Waals surface area contributed by atoms with Crippen LogP contribution in [-0.2, 0) is 6.61 Å². The molecule has 4 heteroatoms. The summed E-state index contributed by atoms with van der Waals surface area (Å²) in [6.07, 6.45) is 0. The van der Waals surface area contributed by atoms with E-state index in [1.807, 2.05) is 19.9 Å². The average Bonchev–Trinajstić information content (AvgIpc) is 2.46. The van der Waals surface area contributed by atoms with Gasteiger partial charge in [0.25, 0.3) is 0 Å². The van der Waals surface area contributed by atoms with E-state index in [1.54, 1.807) is 30.3 Å². The van der Waals surface area contributed by atoms with Crippen LogP contribution in [0, 0.1) is 25.2 Å².